The number of aliphatic carboxylic acids is 1. The van der Waals surface area contributed by atoms with Crippen molar-refractivity contribution in [1.29, 1.82) is 0 Å². The molecular formula is C15H26N2O5S. The molecular weight excluding hydrogens is 320 g/mol. The van der Waals surface area contributed by atoms with E-state index in [1.165, 1.54) is 0 Å². The predicted octanol–water partition coefficient (Wildman–Crippen LogP) is 0.950. The molecule has 1 saturated carbocycles. The van der Waals surface area contributed by atoms with Crippen LogP contribution >= 0.6 is 0 Å². The van der Waals surface area contributed by atoms with E-state index in [1.54, 1.807) is 4.90 Å². The van der Waals surface area contributed by atoms with E-state index in [0.717, 1.165) is 32.1 Å². The molecule has 0 radical (unpaired) electrons. The van der Waals surface area contributed by atoms with E-state index < -0.39 is 27.3 Å². The number of carbonyl (C=O) groups excluding carboxylic acids is 1. The largest absolute Gasteiger partial charge is 0.480 e. The van der Waals surface area contributed by atoms with Gasteiger partial charge in [-0.2, -0.15) is 0 Å². The van der Waals surface area contributed by atoms with Crippen LogP contribution in [-0.4, -0.2) is 54.7 Å². The highest BCUT2D eigenvalue weighted by molar-refractivity contribution is 7.90. The molecule has 1 atom stereocenters. The van der Waals surface area contributed by atoms with Crippen molar-refractivity contribution in [1.82, 2.24) is 9.62 Å². The summed E-state index contributed by atoms with van der Waals surface area (Å²) in [4.78, 5) is 24.9. The van der Waals surface area contributed by atoms with Crippen LogP contribution in [0.15, 0.2) is 0 Å². The third-order valence-electron chi connectivity index (χ3n) is 4.75. The van der Waals surface area contributed by atoms with Crippen molar-refractivity contribution < 1.29 is 23.1 Å². The van der Waals surface area contributed by atoms with Crippen LogP contribution in [0.3, 0.4) is 0 Å². The third-order valence-corrected chi connectivity index (χ3v) is 6.54. The zero-order chi connectivity index (χ0) is 17.0. The predicted molar refractivity (Wildman–Crippen MR) is 85.3 cm³/mol. The number of carboxylic acids is 1. The van der Waals surface area contributed by atoms with Crippen LogP contribution in [0.25, 0.3) is 0 Å². The van der Waals surface area contributed by atoms with E-state index in [9.17, 15) is 18.0 Å². The Morgan fingerprint density at radius 3 is 2.39 bits per heavy atom. The highest BCUT2D eigenvalue weighted by Crippen LogP contribution is 2.29. The zero-order valence-electron chi connectivity index (χ0n) is 13.5. The van der Waals surface area contributed by atoms with E-state index in [4.69, 9.17) is 5.11 Å². The number of unbranched alkanes of at least 4 members (excludes halogenated alkanes) is 1. The summed E-state index contributed by atoms with van der Waals surface area (Å²) in [6.07, 6.45) is 5.64. The van der Waals surface area contributed by atoms with Crippen LogP contribution in [0.4, 0.5) is 0 Å². The summed E-state index contributed by atoms with van der Waals surface area (Å²) in [5.74, 6) is -1.06. The first kappa shape index (κ1) is 18.2. The first-order valence-corrected chi connectivity index (χ1v) is 9.92. The molecule has 2 aliphatic rings. The van der Waals surface area contributed by atoms with Crippen molar-refractivity contribution in [3.63, 3.8) is 0 Å². The highest BCUT2D eigenvalue weighted by Gasteiger charge is 2.43. The van der Waals surface area contributed by atoms with Gasteiger partial charge in [-0.1, -0.05) is 32.6 Å². The standard InChI is InChI=1S/C15H26N2O5S/c1-2-3-8-13(15(19)20)16-23(21,22)12-9-17(10-12)14(18)11-6-4-5-7-11/h11-13,16H,2-10H2,1H3,(H,19,20)/t13-/m0/s1. The van der Waals surface area contributed by atoms with E-state index in [0.29, 0.717) is 6.42 Å². The minimum absolute atomic E-state index is 0.0444. The number of amides is 1. The first-order valence-electron chi connectivity index (χ1n) is 8.38. The molecule has 7 nitrogen and oxygen atoms in total. The maximum atomic E-state index is 12.3. The lowest BCUT2D eigenvalue weighted by molar-refractivity contribution is -0.140. The van der Waals surface area contributed by atoms with Gasteiger partial charge in [-0.15, -0.1) is 0 Å². The Morgan fingerprint density at radius 2 is 1.87 bits per heavy atom. The fraction of sp³-hybridized carbons (Fsp3) is 0.867. The smallest absolute Gasteiger partial charge is 0.321 e. The minimum atomic E-state index is -3.71. The van der Waals surface area contributed by atoms with Gasteiger partial charge in [-0.3, -0.25) is 9.59 Å². The molecule has 0 aromatic carbocycles. The number of likely N-dealkylation sites (tertiary alicyclic amines) is 1. The summed E-state index contributed by atoms with van der Waals surface area (Å²) in [6, 6.07) is -1.08. The van der Waals surface area contributed by atoms with Gasteiger partial charge < -0.3 is 10.0 Å². The summed E-state index contributed by atoms with van der Waals surface area (Å²) < 4.78 is 26.8. The fourth-order valence-electron chi connectivity index (χ4n) is 3.18. The van der Waals surface area contributed by atoms with Crippen molar-refractivity contribution in [2.45, 2.75) is 63.2 Å². The van der Waals surface area contributed by atoms with Gasteiger partial charge in [0.2, 0.25) is 15.9 Å². The van der Waals surface area contributed by atoms with Gasteiger partial charge in [0, 0.05) is 19.0 Å². The molecule has 1 aliphatic heterocycles. The third kappa shape index (κ3) is 4.44. The molecule has 8 heteroatoms. The summed E-state index contributed by atoms with van der Waals surface area (Å²) >= 11 is 0. The van der Waals surface area contributed by atoms with Gasteiger partial charge >= 0.3 is 5.97 Å². The lowest BCUT2D eigenvalue weighted by atomic mass is 10.0. The maximum Gasteiger partial charge on any atom is 0.321 e. The van der Waals surface area contributed by atoms with Crippen LogP contribution in [-0.2, 0) is 19.6 Å². The summed E-state index contributed by atoms with van der Waals surface area (Å²) in [7, 11) is -3.71. The normalized spacial score (nSPS) is 21.2. The Bertz CT molecular complexity index is 536. The Labute approximate surface area is 137 Å². The Kier molecular flexibility index (Phi) is 6.02. The van der Waals surface area contributed by atoms with Crippen molar-refractivity contribution in [3.8, 4) is 0 Å². The van der Waals surface area contributed by atoms with Crippen molar-refractivity contribution in [2.24, 2.45) is 5.92 Å². The Morgan fingerprint density at radius 1 is 1.26 bits per heavy atom. The van der Waals surface area contributed by atoms with E-state index in [-0.39, 0.29) is 31.3 Å². The van der Waals surface area contributed by atoms with Gasteiger partial charge in [-0.25, -0.2) is 13.1 Å². The molecule has 1 amide bonds. The number of nitrogens with zero attached hydrogens (tertiary/aromatic N) is 1. The second-order valence-corrected chi connectivity index (χ2v) is 8.53. The molecule has 0 spiro atoms. The van der Waals surface area contributed by atoms with Crippen LogP contribution in [0, 0.1) is 5.92 Å². The molecule has 1 saturated heterocycles. The molecule has 1 aliphatic carbocycles. The van der Waals surface area contributed by atoms with Gasteiger partial charge in [0.15, 0.2) is 0 Å². The molecule has 0 unspecified atom stereocenters. The van der Waals surface area contributed by atoms with E-state index in [2.05, 4.69) is 4.72 Å². The summed E-state index contributed by atoms with van der Waals surface area (Å²) in [5.41, 5.74) is 0. The topological polar surface area (TPSA) is 104 Å². The quantitative estimate of drug-likeness (QED) is 0.681. The monoisotopic (exact) mass is 346 g/mol. The van der Waals surface area contributed by atoms with Gasteiger partial charge in [0.05, 0.1) is 0 Å². The average molecular weight is 346 g/mol. The summed E-state index contributed by atoms with van der Waals surface area (Å²) in [5, 5.41) is 8.43. The van der Waals surface area contributed by atoms with E-state index in [1.807, 2.05) is 6.92 Å². The maximum absolute atomic E-state index is 12.3. The molecule has 2 rings (SSSR count). The minimum Gasteiger partial charge on any atom is -0.480 e. The van der Waals surface area contributed by atoms with Crippen LogP contribution in [0.1, 0.15) is 51.9 Å². The number of hydrogen-bond acceptors (Lipinski definition) is 4. The van der Waals surface area contributed by atoms with Crippen LogP contribution < -0.4 is 4.72 Å². The van der Waals surface area contributed by atoms with Crippen LogP contribution in [0.5, 0.6) is 0 Å². The van der Waals surface area contributed by atoms with Crippen LogP contribution in [0.2, 0.25) is 0 Å². The molecule has 2 N–H and O–H groups in total. The number of sulfonamides is 1. The molecule has 2 fully saturated rings. The highest BCUT2D eigenvalue weighted by atomic mass is 32.2. The Balaban J connectivity index is 1.86. The average Bonchev–Trinajstić information content (AvgIpc) is 2.95. The molecule has 0 bridgehead atoms. The number of carbonyl (C=O) groups is 2. The second-order valence-electron chi connectivity index (χ2n) is 6.54. The van der Waals surface area contributed by atoms with Gasteiger partial charge in [-0.05, 0) is 19.3 Å². The molecule has 1 heterocycles. The summed E-state index contributed by atoms with van der Waals surface area (Å²) in [6.45, 7) is 2.27. The SMILES string of the molecule is CCCC[C@H](NS(=O)(=O)C1CN(C(=O)C2CCCC2)C1)C(=O)O. The molecule has 0 aromatic rings. The van der Waals surface area contributed by atoms with Crippen molar-refractivity contribution >= 4 is 21.9 Å². The number of hydrogen-bond donors (Lipinski definition) is 2. The fourth-order valence-corrected chi connectivity index (χ4v) is 4.74. The number of rotatable bonds is 8. The first-order chi connectivity index (χ1) is 10.8. The van der Waals surface area contributed by atoms with Crippen molar-refractivity contribution in [3.05, 3.63) is 0 Å². The molecule has 132 valence electrons. The van der Waals surface area contributed by atoms with Crippen molar-refractivity contribution in [2.75, 3.05) is 13.1 Å². The molecule has 0 aromatic heterocycles. The van der Waals surface area contributed by atoms with Gasteiger partial charge in [0.1, 0.15) is 11.3 Å². The second kappa shape index (κ2) is 7.61. The molecule has 23 heavy (non-hydrogen) atoms. The lowest BCUT2D eigenvalue weighted by Gasteiger charge is -2.40. The lowest BCUT2D eigenvalue weighted by Crippen LogP contribution is -2.61. The van der Waals surface area contributed by atoms with E-state index >= 15 is 0 Å². The zero-order valence-corrected chi connectivity index (χ0v) is 14.3. The number of carboxylic acid groups (broad SMARTS) is 1. The number of nitrogens with one attached hydrogen (secondary N) is 1. The Hall–Kier alpha value is -1.15. The van der Waals surface area contributed by atoms with Gasteiger partial charge in [0.25, 0.3) is 0 Å².